The van der Waals surface area contributed by atoms with Crippen molar-refractivity contribution in [3.05, 3.63) is 29.3 Å². The Morgan fingerprint density at radius 1 is 1.26 bits per heavy atom. The summed E-state index contributed by atoms with van der Waals surface area (Å²) in [6, 6.07) is 1.64. The number of benzene rings is 1. The van der Waals surface area contributed by atoms with Gasteiger partial charge in [0, 0.05) is 5.56 Å². The lowest BCUT2D eigenvalue weighted by Crippen LogP contribution is -2.22. The van der Waals surface area contributed by atoms with Crippen LogP contribution in [0.25, 0.3) is 0 Å². The van der Waals surface area contributed by atoms with Crippen molar-refractivity contribution in [3.63, 3.8) is 0 Å². The van der Waals surface area contributed by atoms with E-state index in [9.17, 15) is 22.0 Å². The summed E-state index contributed by atoms with van der Waals surface area (Å²) in [5.74, 6) is -3.09. The Balaban J connectivity index is 2.77. The van der Waals surface area contributed by atoms with Crippen LogP contribution < -0.4 is 4.74 Å². The SMILES string of the molecule is CC(C)S(=O)(=O)CCOc1c(F)cc(C=O)cc1F. The van der Waals surface area contributed by atoms with Crippen LogP contribution in [0, 0.1) is 11.6 Å². The number of hydrogen-bond acceptors (Lipinski definition) is 4. The van der Waals surface area contributed by atoms with Crippen LogP contribution in [0.3, 0.4) is 0 Å². The molecule has 106 valence electrons. The fraction of sp³-hybridized carbons (Fsp3) is 0.417. The molecule has 0 N–H and O–H groups in total. The molecule has 0 radical (unpaired) electrons. The van der Waals surface area contributed by atoms with E-state index in [1.54, 1.807) is 0 Å². The molecule has 1 aromatic carbocycles. The van der Waals surface area contributed by atoms with Crippen LogP contribution in [0.1, 0.15) is 24.2 Å². The first-order chi connectivity index (χ1) is 8.77. The van der Waals surface area contributed by atoms with Crippen molar-refractivity contribution in [2.45, 2.75) is 19.1 Å². The second-order valence-corrected chi connectivity index (χ2v) is 6.87. The molecule has 0 fully saturated rings. The molecule has 0 spiro atoms. The smallest absolute Gasteiger partial charge is 0.190 e. The van der Waals surface area contributed by atoms with Gasteiger partial charge in [0.05, 0.1) is 11.0 Å². The number of aldehydes is 1. The fourth-order valence-corrected chi connectivity index (χ4v) is 2.07. The minimum absolute atomic E-state index is 0.155. The Kier molecular flexibility index (Phi) is 4.99. The van der Waals surface area contributed by atoms with Gasteiger partial charge in [-0.3, -0.25) is 4.79 Å². The third kappa shape index (κ3) is 3.99. The molecule has 0 saturated carbocycles. The molecule has 0 aliphatic carbocycles. The fourth-order valence-electron chi connectivity index (χ4n) is 1.28. The highest BCUT2D eigenvalue weighted by molar-refractivity contribution is 7.91. The maximum absolute atomic E-state index is 13.4. The molecule has 0 amide bonds. The average molecular weight is 292 g/mol. The highest BCUT2D eigenvalue weighted by atomic mass is 32.2. The van der Waals surface area contributed by atoms with Gasteiger partial charge in [0.25, 0.3) is 0 Å². The molecule has 19 heavy (non-hydrogen) atoms. The summed E-state index contributed by atoms with van der Waals surface area (Å²) in [5, 5.41) is -0.580. The highest BCUT2D eigenvalue weighted by Gasteiger charge is 2.18. The van der Waals surface area contributed by atoms with Gasteiger partial charge in [-0.15, -0.1) is 0 Å². The number of carbonyl (C=O) groups is 1. The number of halogens is 2. The molecule has 0 aliphatic heterocycles. The lowest BCUT2D eigenvalue weighted by Gasteiger charge is -2.10. The van der Waals surface area contributed by atoms with Gasteiger partial charge in [-0.25, -0.2) is 17.2 Å². The summed E-state index contributed by atoms with van der Waals surface area (Å²) < 4.78 is 54.6. The Labute approximate surface area is 110 Å². The van der Waals surface area contributed by atoms with Crippen molar-refractivity contribution in [3.8, 4) is 5.75 Å². The number of hydrogen-bond donors (Lipinski definition) is 0. The van der Waals surface area contributed by atoms with E-state index in [0.29, 0.717) is 6.29 Å². The number of rotatable bonds is 6. The maximum atomic E-state index is 13.4. The van der Waals surface area contributed by atoms with Crippen LogP contribution in [0.2, 0.25) is 0 Å². The third-order valence-corrected chi connectivity index (χ3v) is 4.66. The molecular weight excluding hydrogens is 278 g/mol. The van der Waals surface area contributed by atoms with Crippen LogP contribution in [-0.4, -0.2) is 32.3 Å². The summed E-state index contributed by atoms with van der Waals surface area (Å²) in [7, 11) is -3.33. The van der Waals surface area contributed by atoms with E-state index >= 15 is 0 Å². The molecule has 7 heteroatoms. The van der Waals surface area contributed by atoms with Crippen molar-refractivity contribution in [2.75, 3.05) is 12.4 Å². The monoisotopic (exact) mass is 292 g/mol. The quantitative estimate of drug-likeness (QED) is 0.752. The van der Waals surface area contributed by atoms with Crippen molar-refractivity contribution >= 4 is 16.1 Å². The van der Waals surface area contributed by atoms with Crippen molar-refractivity contribution in [2.24, 2.45) is 0 Å². The molecule has 0 aromatic heterocycles. The van der Waals surface area contributed by atoms with E-state index in [0.717, 1.165) is 12.1 Å². The Bertz CT molecular complexity index is 544. The zero-order valence-electron chi connectivity index (χ0n) is 10.5. The van der Waals surface area contributed by atoms with Crippen molar-refractivity contribution < 1.29 is 26.7 Å². The molecule has 0 atom stereocenters. The number of sulfone groups is 1. The number of carbonyl (C=O) groups excluding carboxylic acids is 1. The van der Waals surface area contributed by atoms with Crippen LogP contribution in [0.15, 0.2) is 12.1 Å². The average Bonchev–Trinajstić information content (AvgIpc) is 2.32. The summed E-state index contributed by atoms with van der Waals surface area (Å²) >= 11 is 0. The summed E-state index contributed by atoms with van der Waals surface area (Å²) in [4.78, 5) is 10.4. The Morgan fingerprint density at radius 3 is 2.21 bits per heavy atom. The van der Waals surface area contributed by atoms with E-state index in [1.165, 1.54) is 13.8 Å². The molecule has 0 saturated heterocycles. The summed E-state index contributed by atoms with van der Waals surface area (Å²) in [6.07, 6.45) is 0.305. The molecule has 4 nitrogen and oxygen atoms in total. The molecule has 0 heterocycles. The standard InChI is InChI=1S/C12H14F2O4S/c1-8(2)19(16,17)4-3-18-12-10(13)5-9(7-15)6-11(12)14/h5-8H,3-4H2,1-2H3. The highest BCUT2D eigenvalue weighted by Crippen LogP contribution is 2.22. The number of ether oxygens (including phenoxy) is 1. The molecule has 1 rings (SSSR count). The first kappa shape index (κ1) is 15.6. The van der Waals surface area contributed by atoms with Crippen LogP contribution in [0.4, 0.5) is 8.78 Å². The van der Waals surface area contributed by atoms with Crippen LogP contribution in [0.5, 0.6) is 5.75 Å². The molecule has 1 aromatic rings. The van der Waals surface area contributed by atoms with E-state index in [-0.39, 0.29) is 17.9 Å². The third-order valence-electron chi connectivity index (χ3n) is 2.49. The summed E-state index contributed by atoms with van der Waals surface area (Å²) in [5.41, 5.74) is -0.155. The Hall–Kier alpha value is -1.50. The largest absolute Gasteiger partial charge is 0.487 e. The minimum atomic E-state index is -3.33. The van der Waals surface area contributed by atoms with Gasteiger partial charge < -0.3 is 4.74 Å². The van der Waals surface area contributed by atoms with E-state index in [2.05, 4.69) is 0 Å². The molecular formula is C12H14F2O4S. The van der Waals surface area contributed by atoms with Gasteiger partial charge >= 0.3 is 0 Å². The van der Waals surface area contributed by atoms with Crippen molar-refractivity contribution in [1.29, 1.82) is 0 Å². The van der Waals surface area contributed by atoms with E-state index < -0.39 is 32.5 Å². The second kappa shape index (κ2) is 6.10. The molecule has 0 bridgehead atoms. The van der Waals surface area contributed by atoms with Gasteiger partial charge in [-0.05, 0) is 26.0 Å². The predicted molar refractivity (Wildman–Crippen MR) is 66.2 cm³/mol. The zero-order chi connectivity index (χ0) is 14.6. The van der Waals surface area contributed by atoms with Gasteiger partial charge in [0.2, 0.25) is 0 Å². The first-order valence-electron chi connectivity index (χ1n) is 5.56. The van der Waals surface area contributed by atoms with Crippen molar-refractivity contribution in [1.82, 2.24) is 0 Å². The maximum Gasteiger partial charge on any atom is 0.190 e. The lowest BCUT2D eigenvalue weighted by molar-refractivity contribution is 0.112. The lowest BCUT2D eigenvalue weighted by atomic mass is 10.2. The van der Waals surface area contributed by atoms with Gasteiger partial charge in [0.1, 0.15) is 12.9 Å². The summed E-state index contributed by atoms with van der Waals surface area (Å²) in [6.45, 7) is 2.67. The second-order valence-electron chi connectivity index (χ2n) is 4.20. The molecule has 0 aliphatic rings. The van der Waals surface area contributed by atoms with Crippen LogP contribution >= 0.6 is 0 Å². The van der Waals surface area contributed by atoms with Crippen LogP contribution in [-0.2, 0) is 9.84 Å². The first-order valence-corrected chi connectivity index (χ1v) is 7.28. The topological polar surface area (TPSA) is 60.4 Å². The van der Waals surface area contributed by atoms with E-state index in [4.69, 9.17) is 4.74 Å². The van der Waals surface area contributed by atoms with E-state index in [1.807, 2.05) is 0 Å². The normalized spacial score (nSPS) is 11.6. The predicted octanol–water partition coefficient (Wildman–Crippen LogP) is 1.98. The van der Waals surface area contributed by atoms with Gasteiger partial charge in [-0.2, -0.15) is 0 Å². The zero-order valence-corrected chi connectivity index (χ0v) is 11.3. The van der Waals surface area contributed by atoms with Gasteiger partial charge in [-0.1, -0.05) is 0 Å². The Morgan fingerprint density at radius 2 is 1.79 bits per heavy atom. The van der Waals surface area contributed by atoms with Gasteiger partial charge in [0.15, 0.2) is 27.2 Å². The molecule has 0 unspecified atom stereocenters. The minimum Gasteiger partial charge on any atom is -0.487 e.